The Bertz CT molecular complexity index is 428. The Morgan fingerprint density at radius 3 is 2.82 bits per heavy atom. The molecule has 1 fully saturated rings. The number of nitrogens with zero attached hydrogens (tertiary/aromatic N) is 2. The summed E-state index contributed by atoms with van der Waals surface area (Å²) in [4.78, 5) is 22.1. The second-order valence-electron chi connectivity index (χ2n) is 4.00. The number of hydrogen-bond donors (Lipinski definition) is 2. The lowest BCUT2D eigenvalue weighted by molar-refractivity contribution is -0.119. The van der Waals surface area contributed by atoms with Crippen molar-refractivity contribution in [3.63, 3.8) is 0 Å². The molecule has 0 atom stereocenters. The highest BCUT2D eigenvalue weighted by molar-refractivity contribution is 7.15. The van der Waals surface area contributed by atoms with E-state index in [2.05, 4.69) is 20.8 Å². The van der Waals surface area contributed by atoms with Gasteiger partial charge < -0.3 is 10.6 Å². The summed E-state index contributed by atoms with van der Waals surface area (Å²) < 4.78 is 0. The van der Waals surface area contributed by atoms with Crippen LogP contribution in [0.5, 0.6) is 0 Å². The zero-order valence-corrected chi connectivity index (χ0v) is 10.3. The molecule has 6 nitrogen and oxygen atoms in total. The van der Waals surface area contributed by atoms with Gasteiger partial charge in [0.05, 0.1) is 0 Å². The smallest absolute Gasteiger partial charge is 0.227 e. The van der Waals surface area contributed by atoms with Crippen LogP contribution in [-0.4, -0.2) is 28.6 Å². The first kappa shape index (κ1) is 12.0. The molecule has 0 aromatic carbocycles. The van der Waals surface area contributed by atoms with E-state index in [4.69, 9.17) is 0 Å². The summed E-state index contributed by atoms with van der Waals surface area (Å²) in [5.74, 6) is 0.263. The van der Waals surface area contributed by atoms with E-state index in [1.807, 2.05) is 0 Å². The summed E-state index contributed by atoms with van der Waals surface area (Å²) in [6, 6.07) is 0. The van der Waals surface area contributed by atoms with Crippen molar-refractivity contribution in [2.24, 2.45) is 0 Å². The van der Waals surface area contributed by atoms with Crippen molar-refractivity contribution in [3.8, 4) is 0 Å². The highest BCUT2D eigenvalue weighted by atomic mass is 32.1. The first-order valence-corrected chi connectivity index (χ1v) is 6.34. The number of carbonyl (C=O) groups excluding carboxylic acids is 2. The maximum absolute atomic E-state index is 11.5. The molecule has 1 aromatic rings. The standard InChI is InChI=1S/C10H14N4O2S/c1-6(15)11-5-4-8(16)12-10-14-13-9(17-10)7-2-3-7/h7H,2-5H2,1H3,(H,11,15)(H,12,14,16). The SMILES string of the molecule is CC(=O)NCCC(=O)Nc1nnc(C2CC2)s1. The molecule has 1 heterocycles. The number of nitrogens with one attached hydrogen (secondary N) is 2. The van der Waals surface area contributed by atoms with E-state index in [0.717, 1.165) is 5.01 Å². The molecule has 92 valence electrons. The topological polar surface area (TPSA) is 84.0 Å². The largest absolute Gasteiger partial charge is 0.356 e. The average molecular weight is 254 g/mol. The van der Waals surface area contributed by atoms with E-state index in [1.165, 1.54) is 31.1 Å². The van der Waals surface area contributed by atoms with Crippen LogP contribution in [-0.2, 0) is 9.59 Å². The van der Waals surface area contributed by atoms with Crippen LogP contribution >= 0.6 is 11.3 Å². The van der Waals surface area contributed by atoms with Crippen molar-refractivity contribution in [1.29, 1.82) is 0 Å². The minimum Gasteiger partial charge on any atom is -0.356 e. The van der Waals surface area contributed by atoms with E-state index >= 15 is 0 Å². The Morgan fingerprint density at radius 1 is 1.41 bits per heavy atom. The zero-order chi connectivity index (χ0) is 12.3. The molecule has 0 radical (unpaired) electrons. The van der Waals surface area contributed by atoms with Gasteiger partial charge in [0.15, 0.2) is 0 Å². The molecule has 1 saturated carbocycles. The summed E-state index contributed by atoms with van der Waals surface area (Å²) in [5.41, 5.74) is 0. The molecule has 0 unspecified atom stereocenters. The van der Waals surface area contributed by atoms with E-state index < -0.39 is 0 Å². The van der Waals surface area contributed by atoms with Crippen LogP contribution in [0.4, 0.5) is 5.13 Å². The van der Waals surface area contributed by atoms with Crippen molar-refractivity contribution in [2.45, 2.75) is 32.1 Å². The molecule has 1 aromatic heterocycles. The van der Waals surface area contributed by atoms with E-state index in [9.17, 15) is 9.59 Å². The van der Waals surface area contributed by atoms with Crippen molar-refractivity contribution < 1.29 is 9.59 Å². The van der Waals surface area contributed by atoms with Crippen molar-refractivity contribution in [2.75, 3.05) is 11.9 Å². The molecule has 0 saturated heterocycles. The van der Waals surface area contributed by atoms with Gasteiger partial charge in [-0.25, -0.2) is 0 Å². The Labute approximate surface area is 103 Å². The minimum absolute atomic E-state index is 0.135. The molecule has 2 rings (SSSR count). The lowest BCUT2D eigenvalue weighted by atomic mass is 10.4. The van der Waals surface area contributed by atoms with Crippen molar-refractivity contribution in [3.05, 3.63) is 5.01 Å². The van der Waals surface area contributed by atoms with Crippen LogP contribution in [0.15, 0.2) is 0 Å². The van der Waals surface area contributed by atoms with E-state index in [0.29, 0.717) is 17.6 Å². The van der Waals surface area contributed by atoms with Crippen molar-refractivity contribution in [1.82, 2.24) is 15.5 Å². The number of hydrogen-bond acceptors (Lipinski definition) is 5. The summed E-state index contributed by atoms with van der Waals surface area (Å²) in [5, 5.41) is 14.7. The van der Waals surface area contributed by atoms with Crippen molar-refractivity contribution >= 4 is 28.3 Å². The molecule has 2 N–H and O–H groups in total. The molecule has 0 spiro atoms. The first-order valence-electron chi connectivity index (χ1n) is 5.53. The summed E-state index contributed by atoms with van der Waals surface area (Å²) in [6.45, 7) is 1.76. The van der Waals surface area contributed by atoms with Gasteiger partial charge >= 0.3 is 0 Å². The Hall–Kier alpha value is -1.50. The highest BCUT2D eigenvalue weighted by Gasteiger charge is 2.27. The predicted molar refractivity (Wildman–Crippen MR) is 63.8 cm³/mol. The van der Waals surface area contributed by atoms with Crippen LogP contribution in [0.3, 0.4) is 0 Å². The lowest BCUT2D eigenvalue weighted by Gasteiger charge is -2.01. The summed E-state index contributed by atoms with van der Waals surface area (Å²) in [7, 11) is 0. The molecule has 1 aliphatic rings. The van der Waals surface area contributed by atoms with E-state index in [1.54, 1.807) is 0 Å². The fourth-order valence-corrected chi connectivity index (χ4v) is 2.24. The fourth-order valence-electron chi connectivity index (χ4n) is 1.31. The third-order valence-electron chi connectivity index (χ3n) is 2.34. The monoisotopic (exact) mass is 254 g/mol. The maximum Gasteiger partial charge on any atom is 0.227 e. The number of rotatable bonds is 5. The third kappa shape index (κ3) is 3.77. The molecule has 0 bridgehead atoms. The normalized spacial score (nSPS) is 14.4. The number of aromatic nitrogens is 2. The van der Waals surface area contributed by atoms with Crippen LogP contribution < -0.4 is 10.6 Å². The van der Waals surface area contributed by atoms with Gasteiger partial charge in [-0.1, -0.05) is 11.3 Å². The zero-order valence-electron chi connectivity index (χ0n) is 9.52. The molecule has 7 heteroatoms. The first-order chi connectivity index (χ1) is 8.15. The van der Waals surface area contributed by atoms with Gasteiger partial charge in [-0.05, 0) is 12.8 Å². The molecular formula is C10H14N4O2S. The maximum atomic E-state index is 11.5. The highest BCUT2D eigenvalue weighted by Crippen LogP contribution is 2.41. The molecular weight excluding hydrogens is 240 g/mol. The van der Waals surface area contributed by atoms with Gasteiger partial charge in [-0.2, -0.15) is 0 Å². The Morgan fingerprint density at radius 2 is 2.18 bits per heavy atom. The van der Waals surface area contributed by atoms with Gasteiger partial charge in [0.1, 0.15) is 5.01 Å². The second kappa shape index (κ2) is 5.22. The molecule has 17 heavy (non-hydrogen) atoms. The van der Waals surface area contributed by atoms with Gasteiger partial charge in [-0.15, -0.1) is 10.2 Å². The van der Waals surface area contributed by atoms with Gasteiger partial charge in [-0.3, -0.25) is 9.59 Å². The molecule has 0 aliphatic heterocycles. The third-order valence-corrected chi connectivity index (χ3v) is 3.34. The average Bonchev–Trinajstić information content (AvgIpc) is 3.00. The number of carbonyl (C=O) groups is 2. The Balaban J connectivity index is 1.74. The van der Waals surface area contributed by atoms with Crippen LogP contribution in [0, 0.1) is 0 Å². The quantitative estimate of drug-likeness (QED) is 0.817. The molecule has 2 amide bonds. The fraction of sp³-hybridized carbons (Fsp3) is 0.600. The van der Waals surface area contributed by atoms with Gasteiger partial charge in [0.25, 0.3) is 0 Å². The number of anilines is 1. The van der Waals surface area contributed by atoms with Crippen LogP contribution in [0.2, 0.25) is 0 Å². The van der Waals surface area contributed by atoms with E-state index in [-0.39, 0.29) is 18.2 Å². The Kier molecular flexibility index (Phi) is 3.68. The summed E-state index contributed by atoms with van der Waals surface area (Å²) in [6.07, 6.45) is 2.59. The molecule has 1 aliphatic carbocycles. The van der Waals surface area contributed by atoms with Gasteiger partial charge in [0.2, 0.25) is 16.9 Å². The van der Waals surface area contributed by atoms with Gasteiger partial charge in [0, 0.05) is 25.8 Å². The minimum atomic E-state index is -0.155. The lowest BCUT2D eigenvalue weighted by Crippen LogP contribution is -2.25. The summed E-state index contributed by atoms with van der Waals surface area (Å²) >= 11 is 1.43. The van der Waals surface area contributed by atoms with Crippen LogP contribution in [0.1, 0.15) is 37.1 Å². The number of amides is 2. The predicted octanol–water partition coefficient (Wildman–Crippen LogP) is 0.880. The second-order valence-corrected chi connectivity index (χ2v) is 5.01. The van der Waals surface area contributed by atoms with Crippen LogP contribution in [0.25, 0.3) is 0 Å².